The molecule has 2 aliphatic rings. The first-order chi connectivity index (χ1) is 9.74. The second-order valence-corrected chi connectivity index (χ2v) is 6.19. The summed E-state index contributed by atoms with van der Waals surface area (Å²) < 4.78 is 5.41. The Morgan fingerprint density at radius 2 is 2.05 bits per heavy atom. The number of nitrogens with one attached hydrogen (secondary N) is 1. The minimum Gasteiger partial charge on any atom is -0.497 e. The Bertz CT molecular complexity index is 470. The number of benzene rings is 1. The van der Waals surface area contributed by atoms with Crippen molar-refractivity contribution in [3.63, 3.8) is 0 Å². The third-order valence-corrected chi connectivity index (χ3v) is 5.27. The van der Waals surface area contributed by atoms with Gasteiger partial charge in [0.1, 0.15) is 5.75 Å². The average molecular weight is 274 g/mol. The molecular formula is C17H26N2O. The summed E-state index contributed by atoms with van der Waals surface area (Å²) in [6, 6.07) is 8.35. The molecule has 3 rings (SSSR count). The molecule has 2 atom stereocenters. The highest BCUT2D eigenvalue weighted by molar-refractivity contribution is 5.40. The lowest BCUT2D eigenvalue weighted by Gasteiger charge is -2.45. The molecule has 2 aliphatic carbocycles. The van der Waals surface area contributed by atoms with Crippen LogP contribution in [0, 0.1) is 0 Å². The molecule has 0 spiro atoms. The molecule has 1 N–H and O–H groups in total. The van der Waals surface area contributed by atoms with Crippen LogP contribution in [-0.2, 0) is 6.42 Å². The Morgan fingerprint density at radius 1 is 1.25 bits per heavy atom. The van der Waals surface area contributed by atoms with Crippen LogP contribution in [0.15, 0.2) is 18.2 Å². The van der Waals surface area contributed by atoms with Crippen molar-refractivity contribution >= 4 is 0 Å². The van der Waals surface area contributed by atoms with Crippen LogP contribution in [-0.4, -0.2) is 38.2 Å². The summed E-state index contributed by atoms with van der Waals surface area (Å²) >= 11 is 0. The molecule has 1 fully saturated rings. The summed E-state index contributed by atoms with van der Waals surface area (Å²) in [4.78, 5) is 2.62. The van der Waals surface area contributed by atoms with Crippen LogP contribution in [0.25, 0.3) is 0 Å². The summed E-state index contributed by atoms with van der Waals surface area (Å²) in [6.45, 7) is 0. The number of aryl methyl sites for hydroxylation is 1. The lowest BCUT2D eigenvalue weighted by molar-refractivity contribution is 0.0790. The molecule has 0 aliphatic heterocycles. The molecule has 1 aromatic carbocycles. The number of fused-ring (bicyclic) bond motifs is 1. The third-order valence-electron chi connectivity index (χ3n) is 5.27. The Hall–Kier alpha value is -1.06. The quantitative estimate of drug-likeness (QED) is 0.913. The summed E-state index contributed by atoms with van der Waals surface area (Å²) in [5.41, 5.74) is 2.90. The Labute approximate surface area is 122 Å². The maximum atomic E-state index is 5.41. The zero-order valence-corrected chi connectivity index (χ0v) is 12.9. The molecule has 0 bridgehead atoms. The van der Waals surface area contributed by atoms with Crippen LogP contribution < -0.4 is 10.1 Å². The number of hydrogen-bond donors (Lipinski definition) is 1. The standard InChI is InChI=1S/C17H26N2O/c1-18-17-15-11-14(20-3)9-7-12(15)8-10-16(17)19(2)13-5-4-6-13/h7,9,11,13,16-18H,4-6,8,10H2,1-3H3. The van der Waals surface area contributed by atoms with E-state index in [4.69, 9.17) is 4.74 Å². The Morgan fingerprint density at radius 3 is 2.65 bits per heavy atom. The molecule has 3 nitrogen and oxygen atoms in total. The molecular weight excluding hydrogens is 248 g/mol. The van der Waals surface area contributed by atoms with Crippen LogP contribution in [0.3, 0.4) is 0 Å². The van der Waals surface area contributed by atoms with Gasteiger partial charge in [0.05, 0.1) is 7.11 Å². The van der Waals surface area contributed by atoms with Gasteiger partial charge < -0.3 is 10.1 Å². The number of methoxy groups -OCH3 is 1. The van der Waals surface area contributed by atoms with Gasteiger partial charge in [0.15, 0.2) is 0 Å². The number of nitrogens with zero attached hydrogens (tertiary/aromatic N) is 1. The molecule has 1 saturated carbocycles. The molecule has 0 saturated heterocycles. The highest BCUT2D eigenvalue weighted by Gasteiger charge is 2.35. The lowest BCUT2D eigenvalue weighted by Crippen LogP contribution is -2.50. The summed E-state index contributed by atoms with van der Waals surface area (Å²) in [7, 11) is 6.14. The van der Waals surface area contributed by atoms with Crippen molar-refractivity contribution in [2.45, 2.75) is 50.2 Å². The number of ether oxygens (including phenoxy) is 1. The van der Waals surface area contributed by atoms with E-state index >= 15 is 0 Å². The predicted molar refractivity (Wildman–Crippen MR) is 82.3 cm³/mol. The van der Waals surface area contributed by atoms with Crippen molar-refractivity contribution in [3.8, 4) is 5.75 Å². The van der Waals surface area contributed by atoms with Crippen molar-refractivity contribution in [3.05, 3.63) is 29.3 Å². The minimum atomic E-state index is 0.416. The van der Waals surface area contributed by atoms with Gasteiger partial charge in [0, 0.05) is 18.1 Å². The van der Waals surface area contributed by atoms with E-state index in [0.29, 0.717) is 12.1 Å². The smallest absolute Gasteiger partial charge is 0.119 e. The minimum absolute atomic E-state index is 0.416. The van der Waals surface area contributed by atoms with Gasteiger partial charge in [-0.1, -0.05) is 12.5 Å². The van der Waals surface area contributed by atoms with E-state index in [1.54, 1.807) is 7.11 Å². The number of likely N-dealkylation sites (N-methyl/N-ethyl adjacent to an activating group) is 2. The zero-order chi connectivity index (χ0) is 14.1. The van der Waals surface area contributed by atoms with Gasteiger partial charge in [0.25, 0.3) is 0 Å². The van der Waals surface area contributed by atoms with E-state index in [1.807, 2.05) is 0 Å². The third kappa shape index (κ3) is 2.33. The first-order valence-electron chi connectivity index (χ1n) is 7.80. The molecule has 3 heteroatoms. The van der Waals surface area contributed by atoms with Gasteiger partial charge in [-0.3, -0.25) is 4.90 Å². The molecule has 0 amide bonds. The zero-order valence-electron chi connectivity index (χ0n) is 12.9. The van der Waals surface area contributed by atoms with Crippen LogP contribution in [0.2, 0.25) is 0 Å². The molecule has 20 heavy (non-hydrogen) atoms. The van der Waals surface area contributed by atoms with E-state index in [-0.39, 0.29) is 0 Å². The van der Waals surface area contributed by atoms with E-state index < -0.39 is 0 Å². The van der Waals surface area contributed by atoms with E-state index in [0.717, 1.165) is 11.8 Å². The fourth-order valence-corrected chi connectivity index (χ4v) is 3.75. The SMILES string of the molecule is CNC1c2cc(OC)ccc2CCC1N(C)C1CCC1. The molecule has 110 valence electrons. The summed E-state index contributed by atoms with van der Waals surface area (Å²) in [5, 5.41) is 3.55. The molecule has 0 aromatic heterocycles. The van der Waals surface area contributed by atoms with E-state index in [9.17, 15) is 0 Å². The van der Waals surface area contributed by atoms with Crippen molar-refractivity contribution in [2.75, 3.05) is 21.2 Å². The van der Waals surface area contributed by atoms with E-state index in [2.05, 4.69) is 42.5 Å². The fourth-order valence-electron chi connectivity index (χ4n) is 3.75. The highest BCUT2D eigenvalue weighted by Crippen LogP contribution is 2.37. The molecule has 0 heterocycles. The van der Waals surface area contributed by atoms with Crippen molar-refractivity contribution in [2.24, 2.45) is 0 Å². The highest BCUT2D eigenvalue weighted by atomic mass is 16.5. The lowest BCUT2D eigenvalue weighted by atomic mass is 9.81. The normalized spacial score (nSPS) is 26.2. The van der Waals surface area contributed by atoms with Gasteiger partial charge in [-0.15, -0.1) is 0 Å². The molecule has 1 aromatic rings. The van der Waals surface area contributed by atoms with Crippen LogP contribution in [0.5, 0.6) is 5.75 Å². The van der Waals surface area contributed by atoms with Crippen LogP contribution >= 0.6 is 0 Å². The maximum Gasteiger partial charge on any atom is 0.119 e. The van der Waals surface area contributed by atoms with Gasteiger partial charge >= 0.3 is 0 Å². The second kappa shape index (κ2) is 5.74. The van der Waals surface area contributed by atoms with Crippen molar-refractivity contribution in [1.29, 1.82) is 0 Å². The summed E-state index contributed by atoms with van der Waals surface area (Å²) in [5.74, 6) is 0.968. The summed E-state index contributed by atoms with van der Waals surface area (Å²) in [6.07, 6.45) is 6.57. The Balaban J connectivity index is 1.87. The van der Waals surface area contributed by atoms with Gasteiger partial charge in [-0.2, -0.15) is 0 Å². The maximum absolute atomic E-state index is 5.41. The first-order valence-corrected chi connectivity index (χ1v) is 7.80. The van der Waals surface area contributed by atoms with Crippen molar-refractivity contribution in [1.82, 2.24) is 10.2 Å². The number of hydrogen-bond acceptors (Lipinski definition) is 3. The number of rotatable bonds is 4. The van der Waals surface area contributed by atoms with Gasteiger partial charge in [-0.25, -0.2) is 0 Å². The predicted octanol–water partition coefficient (Wildman–Crippen LogP) is 2.75. The monoisotopic (exact) mass is 274 g/mol. The van der Waals surface area contributed by atoms with E-state index in [1.165, 1.54) is 43.2 Å². The molecule has 0 radical (unpaired) electrons. The fraction of sp³-hybridized carbons (Fsp3) is 0.647. The first kappa shape index (κ1) is 13.9. The van der Waals surface area contributed by atoms with Gasteiger partial charge in [0.2, 0.25) is 0 Å². The van der Waals surface area contributed by atoms with Gasteiger partial charge in [-0.05, 0) is 63.0 Å². The average Bonchev–Trinajstić information content (AvgIpc) is 2.43. The van der Waals surface area contributed by atoms with Crippen LogP contribution in [0.1, 0.15) is 42.9 Å². The topological polar surface area (TPSA) is 24.5 Å². The Kier molecular flexibility index (Phi) is 3.99. The second-order valence-electron chi connectivity index (χ2n) is 6.19. The largest absolute Gasteiger partial charge is 0.497 e. The van der Waals surface area contributed by atoms with Crippen molar-refractivity contribution < 1.29 is 4.74 Å². The molecule has 2 unspecified atom stereocenters. The van der Waals surface area contributed by atoms with Crippen LogP contribution in [0.4, 0.5) is 0 Å².